The Labute approximate surface area is 203 Å². The minimum absolute atomic E-state index is 0.279. The number of carbonyl (C=O) groups is 3. The van der Waals surface area contributed by atoms with Gasteiger partial charge in [-0.25, -0.2) is 4.39 Å². The van der Waals surface area contributed by atoms with E-state index in [0.29, 0.717) is 12.8 Å². The molecule has 0 aliphatic rings. The number of hydrogen-bond donors (Lipinski definition) is 1. The van der Waals surface area contributed by atoms with Crippen molar-refractivity contribution in [3.8, 4) is 11.1 Å². The van der Waals surface area contributed by atoms with Crippen molar-refractivity contribution in [2.75, 3.05) is 14.1 Å². The summed E-state index contributed by atoms with van der Waals surface area (Å²) in [5.74, 6) is -0.641. The molecule has 0 heterocycles. The van der Waals surface area contributed by atoms with Gasteiger partial charge in [0.2, 0.25) is 6.41 Å². The average Bonchev–Trinajstić information content (AvgIpc) is 2.86. The highest BCUT2D eigenvalue weighted by molar-refractivity contribution is 5.94. The number of likely N-dealkylation sites (N-methyl/N-ethyl adjacent to an activating group) is 1. The van der Waals surface area contributed by atoms with Crippen molar-refractivity contribution in [1.29, 1.82) is 0 Å². The molecule has 34 heavy (non-hydrogen) atoms. The van der Waals surface area contributed by atoms with Crippen LogP contribution in [0, 0.1) is 5.82 Å². The predicted octanol–water partition coefficient (Wildman–Crippen LogP) is 5.67. The zero-order chi connectivity index (χ0) is 26.1. The third-order valence-corrected chi connectivity index (χ3v) is 5.12. The standard InChI is InChI=1S/C19H21FN2O2.C7H10O.C2H6/c1-4-19(22(2)3,18(24)21-13-23)16-9-5-14(6-10-16)15-7-11-17(20)12-8-15;1-3-4-5-7(2)6-8;1-2/h5-13H,4H2,1-3H3,(H,21,23,24);3-6H,1-2H3;1-2H3/b;4-3-,7-5-;. The molecule has 1 N–H and O–H groups in total. The molecule has 2 amide bonds. The quantitative estimate of drug-likeness (QED) is 0.308. The van der Waals surface area contributed by atoms with Crippen LogP contribution in [-0.2, 0) is 19.9 Å². The van der Waals surface area contributed by atoms with Crippen LogP contribution in [0.3, 0.4) is 0 Å². The molecule has 0 aliphatic carbocycles. The summed E-state index contributed by atoms with van der Waals surface area (Å²) in [4.78, 5) is 34.9. The number of rotatable bonds is 8. The zero-order valence-electron chi connectivity index (χ0n) is 21.3. The smallest absolute Gasteiger partial charge is 0.251 e. The van der Waals surface area contributed by atoms with Crippen LogP contribution in [0.2, 0.25) is 0 Å². The number of halogens is 1. The van der Waals surface area contributed by atoms with E-state index in [1.807, 2.05) is 78.2 Å². The summed E-state index contributed by atoms with van der Waals surface area (Å²) in [6.07, 6.45) is 7.24. The predicted molar refractivity (Wildman–Crippen MR) is 138 cm³/mol. The monoisotopic (exact) mass is 468 g/mol. The number of hydrogen-bond acceptors (Lipinski definition) is 4. The summed E-state index contributed by atoms with van der Waals surface area (Å²) in [5.41, 5.74) is 2.44. The van der Waals surface area contributed by atoms with Crippen molar-refractivity contribution in [3.63, 3.8) is 0 Å². The van der Waals surface area contributed by atoms with Gasteiger partial charge < -0.3 is 0 Å². The average molecular weight is 469 g/mol. The Morgan fingerprint density at radius 3 is 1.88 bits per heavy atom. The van der Waals surface area contributed by atoms with Gasteiger partial charge in [-0.3, -0.25) is 24.6 Å². The SMILES string of the molecule is C/C=C\C=C(\C)C=O.CC.CCC(C(=O)NC=O)(c1ccc(-c2ccc(F)cc2)cc1)N(C)C. The van der Waals surface area contributed by atoms with E-state index in [9.17, 15) is 18.8 Å². The maximum absolute atomic E-state index is 13.0. The van der Waals surface area contributed by atoms with Gasteiger partial charge >= 0.3 is 0 Å². The number of carbonyl (C=O) groups excluding carboxylic acids is 3. The molecule has 184 valence electrons. The Hall–Kier alpha value is -3.38. The molecule has 0 spiro atoms. The van der Waals surface area contributed by atoms with E-state index in [1.54, 1.807) is 30.0 Å². The molecule has 2 aromatic carbocycles. The van der Waals surface area contributed by atoms with Gasteiger partial charge in [-0.2, -0.15) is 0 Å². The molecule has 1 atom stereocenters. The molecule has 1 unspecified atom stereocenters. The third kappa shape index (κ3) is 8.52. The Morgan fingerprint density at radius 2 is 1.50 bits per heavy atom. The number of aldehydes is 1. The van der Waals surface area contributed by atoms with E-state index in [4.69, 9.17) is 0 Å². The van der Waals surface area contributed by atoms with Crippen LogP contribution < -0.4 is 5.32 Å². The Bertz CT molecular complexity index is 949. The fraction of sp³-hybridized carbons (Fsp3) is 0.321. The second kappa shape index (κ2) is 16.3. The maximum atomic E-state index is 13.0. The van der Waals surface area contributed by atoms with Crippen molar-refractivity contribution in [1.82, 2.24) is 10.2 Å². The Morgan fingerprint density at radius 1 is 1.00 bits per heavy atom. The third-order valence-electron chi connectivity index (χ3n) is 5.12. The Balaban J connectivity index is 0.000000924. The van der Waals surface area contributed by atoms with Crippen LogP contribution in [0.4, 0.5) is 4.39 Å². The van der Waals surface area contributed by atoms with Gasteiger partial charge in [0.1, 0.15) is 17.6 Å². The van der Waals surface area contributed by atoms with Gasteiger partial charge in [0.25, 0.3) is 5.91 Å². The maximum Gasteiger partial charge on any atom is 0.251 e. The van der Waals surface area contributed by atoms with E-state index in [-0.39, 0.29) is 11.7 Å². The fourth-order valence-corrected chi connectivity index (χ4v) is 3.31. The molecule has 0 bridgehead atoms. The lowest BCUT2D eigenvalue weighted by molar-refractivity contribution is -0.135. The molecule has 5 nitrogen and oxygen atoms in total. The first-order valence-corrected chi connectivity index (χ1v) is 11.3. The molecule has 0 saturated heterocycles. The van der Waals surface area contributed by atoms with Crippen molar-refractivity contribution in [2.24, 2.45) is 0 Å². The van der Waals surface area contributed by atoms with E-state index in [1.165, 1.54) is 12.1 Å². The lowest BCUT2D eigenvalue weighted by atomic mass is 9.84. The van der Waals surface area contributed by atoms with Crippen LogP contribution >= 0.6 is 0 Å². The number of amides is 2. The summed E-state index contributed by atoms with van der Waals surface area (Å²) in [5, 5.41) is 2.27. The lowest BCUT2D eigenvalue weighted by Crippen LogP contribution is -2.53. The van der Waals surface area contributed by atoms with E-state index in [2.05, 4.69) is 5.32 Å². The molecule has 2 aromatic rings. The summed E-state index contributed by atoms with van der Waals surface area (Å²) < 4.78 is 13.0. The number of nitrogens with zero attached hydrogens (tertiary/aromatic N) is 1. The first kappa shape index (κ1) is 30.6. The number of nitrogens with one attached hydrogen (secondary N) is 1. The highest BCUT2D eigenvalue weighted by Crippen LogP contribution is 2.32. The molecule has 0 radical (unpaired) electrons. The first-order chi connectivity index (χ1) is 16.3. The van der Waals surface area contributed by atoms with Gasteiger partial charge in [0.05, 0.1) is 0 Å². The molecular weight excluding hydrogens is 431 g/mol. The highest BCUT2D eigenvalue weighted by atomic mass is 19.1. The number of imide groups is 1. The minimum Gasteiger partial charge on any atom is -0.298 e. The summed E-state index contributed by atoms with van der Waals surface area (Å²) in [6.45, 7) is 9.58. The minimum atomic E-state index is -0.928. The molecule has 2 rings (SSSR count). The van der Waals surface area contributed by atoms with E-state index in [0.717, 1.165) is 28.5 Å². The summed E-state index contributed by atoms with van der Waals surface area (Å²) >= 11 is 0. The largest absolute Gasteiger partial charge is 0.298 e. The first-order valence-electron chi connectivity index (χ1n) is 11.3. The normalized spacial score (nSPS) is 12.6. The van der Waals surface area contributed by atoms with Crippen LogP contribution in [0.1, 0.15) is 46.6 Å². The fourth-order valence-electron chi connectivity index (χ4n) is 3.31. The summed E-state index contributed by atoms with van der Waals surface area (Å²) in [7, 11) is 3.61. The summed E-state index contributed by atoms with van der Waals surface area (Å²) in [6, 6.07) is 13.8. The highest BCUT2D eigenvalue weighted by Gasteiger charge is 2.40. The molecular formula is C28H37FN2O3. The molecule has 0 fully saturated rings. The van der Waals surface area contributed by atoms with Gasteiger partial charge in [0, 0.05) is 0 Å². The second-order valence-corrected chi connectivity index (χ2v) is 7.34. The van der Waals surface area contributed by atoms with Gasteiger partial charge in [-0.15, -0.1) is 0 Å². The van der Waals surface area contributed by atoms with Crippen LogP contribution in [0.15, 0.2) is 72.3 Å². The van der Waals surface area contributed by atoms with Crippen LogP contribution in [0.5, 0.6) is 0 Å². The van der Waals surface area contributed by atoms with Gasteiger partial charge in [-0.05, 0) is 68.8 Å². The molecule has 6 heteroatoms. The molecule has 0 aromatic heterocycles. The van der Waals surface area contributed by atoms with Crippen LogP contribution in [-0.4, -0.2) is 37.6 Å². The van der Waals surface area contributed by atoms with Crippen LogP contribution in [0.25, 0.3) is 11.1 Å². The van der Waals surface area contributed by atoms with Gasteiger partial charge in [-0.1, -0.05) is 75.4 Å². The Kier molecular flexibility index (Phi) is 14.6. The topological polar surface area (TPSA) is 66.5 Å². The van der Waals surface area contributed by atoms with E-state index >= 15 is 0 Å². The van der Waals surface area contributed by atoms with E-state index < -0.39 is 5.54 Å². The number of benzene rings is 2. The number of allylic oxidation sites excluding steroid dienone is 4. The zero-order valence-corrected chi connectivity index (χ0v) is 21.3. The second-order valence-electron chi connectivity index (χ2n) is 7.34. The van der Waals surface area contributed by atoms with Crippen molar-refractivity contribution in [3.05, 3.63) is 83.7 Å². The van der Waals surface area contributed by atoms with Crippen molar-refractivity contribution in [2.45, 2.75) is 46.6 Å². The van der Waals surface area contributed by atoms with Crippen molar-refractivity contribution < 1.29 is 18.8 Å². The van der Waals surface area contributed by atoms with Gasteiger partial charge in [0.15, 0.2) is 0 Å². The van der Waals surface area contributed by atoms with Crippen molar-refractivity contribution >= 4 is 18.6 Å². The molecule has 0 saturated carbocycles. The molecule has 0 aliphatic heterocycles. The lowest BCUT2D eigenvalue weighted by Gasteiger charge is -2.37.